The Morgan fingerprint density at radius 2 is 1.54 bits per heavy atom. The van der Waals surface area contributed by atoms with Crippen molar-refractivity contribution in [2.75, 3.05) is 6.26 Å². The van der Waals surface area contributed by atoms with E-state index in [0.717, 1.165) is 6.26 Å². The second-order valence-corrected chi connectivity index (χ2v) is 7.13. The number of rotatable bonds is 2. The first kappa shape index (κ1) is 10.9. The summed E-state index contributed by atoms with van der Waals surface area (Å²) < 4.78 is 55.8. The minimum Gasteiger partial charge on any atom is -0.229 e. The molecule has 78 valence electrons. The Bertz CT molecular complexity index is 345. The van der Waals surface area contributed by atoms with Gasteiger partial charge in [0.2, 0.25) is 0 Å². The van der Waals surface area contributed by atoms with Crippen LogP contribution in [-0.4, -0.2) is 33.6 Å². The van der Waals surface area contributed by atoms with Gasteiger partial charge in [-0.3, -0.25) is 0 Å². The number of sulfone groups is 1. The van der Waals surface area contributed by atoms with Crippen LogP contribution in [0, 0.1) is 0 Å². The van der Waals surface area contributed by atoms with Crippen LogP contribution < -0.4 is 0 Å². The van der Waals surface area contributed by atoms with Crippen molar-refractivity contribution in [3.05, 3.63) is 0 Å². The molecule has 0 aromatic heterocycles. The molecule has 1 aliphatic carbocycles. The first-order valence-corrected chi connectivity index (χ1v) is 7.25. The first-order chi connectivity index (χ1) is 5.73. The number of hydrogen-bond acceptors (Lipinski definition) is 4. The molecule has 0 aromatic rings. The molecule has 7 heteroatoms. The minimum atomic E-state index is -4.71. The minimum absolute atomic E-state index is 0.108. The van der Waals surface area contributed by atoms with Crippen LogP contribution in [0.2, 0.25) is 0 Å². The van der Waals surface area contributed by atoms with E-state index >= 15 is 0 Å². The molecule has 1 saturated carbocycles. The van der Waals surface area contributed by atoms with Gasteiger partial charge in [-0.2, -0.15) is 8.42 Å². The molecule has 1 rings (SSSR count). The molecule has 2 atom stereocenters. The third-order valence-electron chi connectivity index (χ3n) is 2.30. The van der Waals surface area contributed by atoms with Crippen molar-refractivity contribution in [2.24, 2.45) is 0 Å². The van der Waals surface area contributed by atoms with E-state index in [4.69, 9.17) is 0 Å². The van der Waals surface area contributed by atoms with E-state index < -0.39 is 30.6 Å². The van der Waals surface area contributed by atoms with Crippen molar-refractivity contribution >= 4 is 20.1 Å². The summed E-state index contributed by atoms with van der Waals surface area (Å²) in [4.78, 5) is 0. The molecule has 0 bridgehead atoms. The van der Waals surface area contributed by atoms with Gasteiger partial charge in [-0.05, 0) is 12.8 Å². The molecule has 13 heavy (non-hydrogen) atoms. The smallest absolute Gasteiger partial charge is 0.229 e. The maximum Gasteiger partial charge on any atom is 0.306 e. The van der Waals surface area contributed by atoms with E-state index in [1.54, 1.807) is 0 Å². The van der Waals surface area contributed by atoms with Crippen LogP contribution in [0.25, 0.3) is 0 Å². The molecule has 0 aromatic carbocycles. The Hall–Kier alpha value is -0.170. The van der Waals surface area contributed by atoms with Crippen molar-refractivity contribution in [1.82, 2.24) is 0 Å². The Balaban J connectivity index is 3.03. The van der Waals surface area contributed by atoms with Gasteiger partial charge < -0.3 is 0 Å². The topological polar surface area (TPSA) is 68.3 Å². The highest BCUT2D eigenvalue weighted by atomic mass is 32.3. The van der Waals surface area contributed by atoms with Crippen LogP contribution in [-0.2, 0) is 20.1 Å². The molecule has 0 saturated heterocycles. The van der Waals surface area contributed by atoms with Gasteiger partial charge in [-0.1, -0.05) is 6.42 Å². The van der Waals surface area contributed by atoms with Crippen LogP contribution in [0.1, 0.15) is 19.3 Å². The van der Waals surface area contributed by atoms with E-state index in [1.165, 1.54) is 0 Å². The molecule has 1 fully saturated rings. The van der Waals surface area contributed by atoms with Crippen LogP contribution >= 0.6 is 0 Å². The van der Waals surface area contributed by atoms with Gasteiger partial charge in [0.1, 0.15) is 5.25 Å². The maximum atomic E-state index is 12.6. The van der Waals surface area contributed by atoms with Crippen molar-refractivity contribution < 1.29 is 20.7 Å². The maximum absolute atomic E-state index is 12.6. The second-order valence-electron chi connectivity index (χ2n) is 3.31. The third kappa shape index (κ3) is 2.40. The lowest BCUT2D eigenvalue weighted by atomic mass is 10.4. The summed E-state index contributed by atoms with van der Waals surface area (Å²) >= 11 is 0. The summed E-state index contributed by atoms with van der Waals surface area (Å²) in [6, 6.07) is 0. The molecule has 0 N–H and O–H groups in total. The molecule has 0 heterocycles. The van der Waals surface area contributed by atoms with Gasteiger partial charge >= 0.3 is 10.2 Å². The van der Waals surface area contributed by atoms with Crippen LogP contribution in [0.3, 0.4) is 0 Å². The van der Waals surface area contributed by atoms with Crippen LogP contribution in [0.15, 0.2) is 0 Å². The zero-order valence-corrected chi connectivity index (χ0v) is 8.74. The SMILES string of the molecule is CS(=O)(=O)C1CCCC1S(=O)(=O)F. The lowest BCUT2D eigenvalue weighted by Gasteiger charge is -2.12. The Kier molecular flexibility index (Phi) is 2.68. The lowest BCUT2D eigenvalue weighted by Crippen LogP contribution is -2.32. The van der Waals surface area contributed by atoms with E-state index in [2.05, 4.69) is 0 Å². The van der Waals surface area contributed by atoms with Crippen molar-refractivity contribution in [1.29, 1.82) is 0 Å². The third-order valence-corrected chi connectivity index (χ3v) is 5.43. The predicted octanol–water partition coefficient (Wildman–Crippen LogP) is 0.251. The van der Waals surface area contributed by atoms with Gasteiger partial charge in [0.15, 0.2) is 9.84 Å². The molecule has 1 aliphatic rings. The molecule has 0 amide bonds. The molecule has 4 nitrogen and oxygen atoms in total. The first-order valence-electron chi connectivity index (χ1n) is 3.85. The average Bonchev–Trinajstić information content (AvgIpc) is 2.27. The normalized spacial score (nSPS) is 30.6. The highest BCUT2D eigenvalue weighted by molar-refractivity contribution is 7.93. The lowest BCUT2D eigenvalue weighted by molar-refractivity contribution is 0.528. The van der Waals surface area contributed by atoms with Crippen molar-refractivity contribution in [3.63, 3.8) is 0 Å². The summed E-state index contributed by atoms with van der Waals surface area (Å²) in [7, 11) is -8.17. The standard InChI is InChI=1S/C6H11FO4S2/c1-12(8,9)5-3-2-4-6(5)13(7,10)11/h5-6H,2-4H2,1H3. The monoisotopic (exact) mass is 230 g/mol. The highest BCUT2D eigenvalue weighted by Gasteiger charge is 2.43. The van der Waals surface area contributed by atoms with Gasteiger partial charge in [-0.25, -0.2) is 8.42 Å². The second kappa shape index (κ2) is 3.20. The molecule has 0 radical (unpaired) electrons. The van der Waals surface area contributed by atoms with Crippen molar-refractivity contribution in [2.45, 2.75) is 29.8 Å². The van der Waals surface area contributed by atoms with E-state index in [1.807, 2.05) is 0 Å². The van der Waals surface area contributed by atoms with E-state index in [9.17, 15) is 20.7 Å². The summed E-state index contributed by atoms with van der Waals surface area (Å²) in [6.45, 7) is 0. The van der Waals surface area contributed by atoms with Crippen LogP contribution in [0.5, 0.6) is 0 Å². The van der Waals surface area contributed by atoms with Crippen molar-refractivity contribution in [3.8, 4) is 0 Å². The predicted molar refractivity (Wildman–Crippen MR) is 46.3 cm³/mol. The fourth-order valence-corrected chi connectivity index (χ4v) is 4.94. The number of hydrogen-bond donors (Lipinski definition) is 0. The van der Waals surface area contributed by atoms with Gasteiger partial charge in [0.25, 0.3) is 0 Å². The summed E-state index contributed by atoms with van der Waals surface area (Å²) in [5.41, 5.74) is 0. The van der Waals surface area contributed by atoms with Crippen LogP contribution in [0.4, 0.5) is 3.89 Å². The molecule has 0 spiro atoms. The zero-order chi connectivity index (χ0) is 10.3. The molecular weight excluding hydrogens is 219 g/mol. The zero-order valence-electron chi connectivity index (χ0n) is 7.10. The van der Waals surface area contributed by atoms with Gasteiger partial charge in [0.05, 0.1) is 5.25 Å². The molecular formula is C6H11FO4S2. The molecule has 2 unspecified atom stereocenters. The molecule has 0 aliphatic heterocycles. The quantitative estimate of drug-likeness (QED) is 0.638. The highest BCUT2D eigenvalue weighted by Crippen LogP contribution is 2.31. The fraction of sp³-hybridized carbons (Fsp3) is 1.00. The average molecular weight is 230 g/mol. The van der Waals surface area contributed by atoms with E-state index in [-0.39, 0.29) is 12.8 Å². The summed E-state index contributed by atoms with van der Waals surface area (Å²) in [5, 5.41) is -2.40. The van der Waals surface area contributed by atoms with Gasteiger partial charge in [-0.15, -0.1) is 3.89 Å². The Morgan fingerprint density at radius 1 is 1.08 bits per heavy atom. The summed E-state index contributed by atoms with van der Waals surface area (Å²) in [6.07, 6.45) is 1.75. The Labute approximate surface area is 77.3 Å². The fourth-order valence-electron chi connectivity index (χ4n) is 1.70. The largest absolute Gasteiger partial charge is 0.306 e. The Morgan fingerprint density at radius 3 is 1.85 bits per heavy atom. The van der Waals surface area contributed by atoms with Gasteiger partial charge in [0, 0.05) is 6.26 Å². The number of halogens is 1. The van der Waals surface area contributed by atoms with E-state index in [0.29, 0.717) is 6.42 Å². The summed E-state index contributed by atoms with van der Waals surface area (Å²) in [5.74, 6) is 0.